The first-order valence-electron chi connectivity index (χ1n) is 8.27. The maximum absolute atomic E-state index is 13.0. The van der Waals surface area contributed by atoms with Crippen LogP contribution in [0.4, 0.5) is 4.39 Å². The number of halogens is 1. The van der Waals surface area contributed by atoms with E-state index in [1.54, 1.807) is 24.3 Å². The van der Waals surface area contributed by atoms with Gasteiger partial charge in [0.2, 0.25) is 5.91 Å². The average Bonchev–Trinajstić information content (AvgIpc) is 2.57. The summed E-state index contributed by atoms with van der Waals surface area (Å²) < 4.78 is 13.0. The van der Waals surface area contributed by atoms with Crippen LogP contribution in [-0.4, -0.2) is 22.8 Å². The number of carbonyl (C=O) groups excluding carboxylic acids is 2. The molecule has 0 aliphatic rings. The van der Waals surface area contributed by atoms with E-state index < -0.39 is 5.91 Å². The van der Waals surface area contributed by atoms with Crippen molar-refractivity contribution in [2.24, 2.45) is 5.73 Å². The number of hydrogen-bond acceptors (Lipinski definition) is 3. The van der Waals surface area contributed by atoms with Gasteiger partial charge in [0.05, 0.1) is 0 Å². The molecule has 1 aromatic heterocycles. The highest BCUT2D eigenvalue weighted by Gasteiger charge is 2.16. The first-order chi connectivity index (χ1) is 12.0. The second-order valence-electron chi connectivity index (χ2n) is 5.95. The van der Waals surface area contributed by atoms with Gasteiger partial charge < -0.3 is 11.1 Å². The van der Waals surface area contributed by atoms with E-state index >= 15 is 0 Å². The van der Waals surface area contributed by atoms with Crippen molar-refractivity contribution in [1.29, 1.82) is 0 Å². The van der Waals surface area contributed by atoms with Crippen molar-refractivity contribution in [1.82, 2.24) is 10.3 Å². The molecule has 0 fully saturated rings. The maximum Gasteiger partial charge on any atom is 0.270 e. The third-order valence-corrected chi connectivity index (χ3v) is 3.76. The summed E-state index contributed by atoms with van der Waals surface area (Å²) in [6.45, 7) is 1.97. The van der Waals surface area contributed by atoms with Gasteiger partial charge in [-0.3, -0.25) is 9.59 Å². The Balaban J connectivity index is 2.07. The smallest absolute Gasteiger partial charge is 0.270 e. The molecule has 0 aliphatic carbocycles. The minimum absolute atomic E-state index is 0.106. The van der Waals surface area contributed by atoms with E-state index in [-0.39, 0.29) is 29.9 Å². The van der Waals surface area contributed by atoms with Gasteiger partial charge in [-0.2, -0.15) is 0 Å². The molecular weight excluding hydrogens is 321 g/mol. The van der Waals surface area contributed by atoms with E-state index in [1.807, 2.05) is 13.0 Å². The second kappa shape index (κ2) is 8.92. The summed E-state index contributed by atoms with van der Waals surface area (Å²) >= 11 is 0. The fraction of sp³-hybridized carbons (Fsp3) is 0.316. The van der Waals surface area contributed by atoms with Gasteiger partial charge >= 0.3 is 0 Å². The molecule has 0 radical (unpaired) electrons. The Bertz CT molecular complexity index is 732. The molecule has 2 amide bonds. The van der Waals surface area contributed by atoms with Crippen molar-refractivity contribution in [2.75, 3.05) is 0 Å². The molecule has 1 aromatic carbocycles. The molecule has 0 saturated carbocycles. The summed E-state index contributed by atoms with van der Waals surface area (Å²) in [6, 6.07) is 11.1. The average molecular weight is 343 g/mol. The molecule has 3 N–H and O–H groups in total. The molecule has 6 heteroatoms. The predicted octanol–water partition coefficient (Wildman–Crippen LogP) is 2.59. The number of pyridine rings is 1. The highest BCUT2D eigenvalue weighted by Crippen LogP contribution is 2.10. The topological polar surface area (TPSA) is 85.1 Å². The quantitative estimate of drug-likeness (QED) is 0.772. The monoisotopic (exact) mass is 343 g/mol. The molecule has 5 nitrogen and oxygen atoms in total. The minimum Gasteiger partial charge on any atom is -0.370 e. The van der Waals surface area contributed by atoms with Crippen LogP contribution >= 0.6 is 0 Å². The number of nitrogens with zero attached hydrogens (tertiary/aromatic N) is 1. The van der Waals surface area contributed by atoms with Gasteiger partial charge in [-0.1, -0.05) is 31.5 Å². The van der Waals surface area contributed by atoms with Crippen LogP contribution < -0.4 is 11.1 Å². The van der Waals surface area contributed by atoms with Crippen molar-refractivity contribution in [3.63, 3.8) is 0 Å². The van der Waals surface area contributed by atoms with Crippen LogP contribution in [0, 0.1) is 5.82 Å². The standard InChI is InChI=1S/C19H22FN3O2/c1-2-4-15(12-18(21)24)23-19(25)17-6-3-5-16(22-17)11-13-7-9-14(20)10-8-13/h3,5-10,15H,2,4,11-12H2,1H3,(H2,21,24)(H,23,25)/t15-/m0/s1. The van der Waals surface area contributed by atoms with Crippen molar-refractivity contribution in [3.8, 4) is 0 Å². The fourth-order valence-electron chi connectivity index (χ4n) is 2.59. The van der Waals surface area contributed by atoms with Gasteiger partial charge in [-0.15, -0.1) is 0 Å². The molecule has 0 spiro atoms. The molecule has 0 aliphatic heterocycles. The number of nitrogens with two attached hydrogens (primary N) is 1. The first kappa shape index (κ1) is 18.6. The Morgan fingerprint density at radius 3 is 2.56 bits per heavy atom. The van der Waals surface area contributed by atoms with Crippen LogP contribution in [0.5, 0.6) is 0 Å². The van der Waals surface area contributed by atoms with Crippen LogP contribution in [0.25, 0.3) is 0 Å². The number of amides is 2. The normalized spacial score (nSPS) is 11.8. The lowest BCUT2D eigenvalue weighted by atomic mass is 10.1. The Morgan fingerprint density at radius 2 is 1.92 bits per heavy atom. The third-order valence-electron chi connectivity index (χ3n) is 3.76. The summed E-state index contributed by atoms with van der Waals surface area (Å²) in [5.74, 6) is -1.07. The number of hydrogen-bond donors (Lipinski definition) is 2. The Hall–Kier alpha value is -2.76. The summed E-state index contributed by atoms with van der Waals surface area (Å²) in [6.07, 6.45) is 2.11. The van der Waals surface area contributed by atoms with E-state index in [0.29, 0.717) is 18.5 Å². The van der Waals surface area contributed by atoms with Crippen molar-refractivity contribution < 1.29 is 14.0 Å². The maximum atomic E-state index is 13.0. The van der Waals surface area contributed by atoms with Crippen molar-refractivity contribution >= 4 is 11.8 Å². The number of benzene rings is 1. The van der Waals surface area contributed by atoms with Crippen LogP contribution in [0.1, 0.15) is 47.9 Å². The summed E-state index contributed by atoms with van der Waals surface area (Å²) in [4.78, 5) is 27.9. The lowest BCUT2D eigenvalue weighted by molar-refractivity contribution is -0.118. The van der Waals surface area contributed by atoms with Gasteiger partial charge in [0.25, 0.3) is 5.91 Å². The Labute approximate surface area is 146 Å². The van der Waals surface area contributed by atoms with E-state index in [4.69, 9.17) is 5.73 Å². The van der Waals surface area contributed by atoms with Gasteiger partial charge in [0.1, 0.15) is 11.5 Å². The summed E-state index contributed by atoms with van der Waals surface area (Å²) in [5.41, 5.74) is 7.12. The zero-order valence-electron chi connectivity index (χ0n) is 14.2. The van der Waals surface area contributed by atoms with E-state index in [0.717, 1.165) is 12.0 Å². The van der Waals surface area contributed by atoms with Crippen LogP contribution in [-0.2, 0) is 11.2 Å². The Morgan fingerprint density at radius 1 is 1.20 bits per heavy atom. The van der Waals surface area contributed by atoms with E-state index in [2.05, 4.69) is 10.3 Å². The fourth-order valence-corrected chi connectivity index (χ4v) is 2.59. The third kappa shape index (κ3) is 5.99. The number of aromatic nitrogens is 1. The molecule has 2 aromatic rings. The molecule has 1 atom stereocenters. The minimum atomic E-state index is -0.447. The molecule has 0 saturated heterocycles. The highest BCUT2D eigenvalue weighted by atomic mass is 19.1. The summed E-state index contributed by atoms with van der Waals surface area (Å²) in [7, 11) is 0. The van der Waals surface area contributed by atoms with Gasteiger partial charge in [0, 0.05) is 24.6 Å². The first-order valence-corrected chi connectivity index (χ1v) is 8.27. The van der Waals surface area contributed by atoms with Crippen molar-refractivity contribution in [2.45, 2.75) is 38.6 Å². The molecule has 132 valence electrons. The second-order valence-corrected chi connectivity index (χ2v) is 5.95. The zero-order chi connectivity index (χ0) is 18.2. The van der Waals surface area contributed by atoms with Crippen LogP contribution in [0.15, 0.2) is 42.5 Å². The molecule has 1 heterocycles. The van der Waals surface area contributed by atoms with Gasteiger partial charge in [-0.25, -0.2) is 9.37 Å². The Kier molecular flexibility index (Phi) is 6.62. The number of nitrogens with one attached hydrogen (secondary N) is 1. The molecule has 25 heavy (non-hydrogen) atoms. The van der Waals surface area contributed by atoms with Gasteiger partial charge in [-0.05, 0) is 36.2 Å². The number of carbonyl (C=O) groups is 2. The largest absolute Gasteiger partial charge is 0.370 e. The summed E-state index contributed by atoms with van der Waals surface area (Å²) in [5, 5.41) is 2.81. The van der Waals surface area contributed by atoms with E-state index in [9.17, 15) is 14.0 Å². The number of rotatable bonds is 8. The van der Waals surface area contributed by atoms with Gasteiger partial charge in [0.15, 0.2) is 0 Å². The van der Waals surface area contributed by atoms with Crippen molar-refractivity contribution in [3.05, 3.63) is 65.2 Å². The van der Waals surface area contributed by atoms with Crippen LogP contribution in [0.2, 0.25) is 0 Å². The molecule has 0 unspecified atom stereocenters. The predicted molar refractivity (Wildman–Crippen MR) is 93.4 cm³/mol. The molecule has 0 bridgehead atoms. The van der Waals surface area contributed by atoms with Crippen LogP contribution in [0.3, 0.4) is 0 Å². The molecule has 2 rings (SSSR count). The SMILES string of the molecule is CCC[C@@H](CC(N)=O)NC(=O)c1cccc(Cc2ccc(F)cc2)n1. The zero-order valence-corrected chi connectivity index (χ0v) is 14.2. The molecular formula is C19H22FN3O2. The lowest BCUT2D eigenvalue weighted by Crippen LogP contribution is -2.38. The number of primary amides is 1. The van der Waals surface area contributed by atoms with E-state index in [1.165, 1.54) is 12.1 Å². The lowest BCUT2D eigenvalue weighted by Gasteiger charge is -2.16. The highest BCUT2D eigenvalue weighted by molar-refractivity contribution is 5.92.